The van der Waals surface area contributed by atoms with Gasteiger partial charge in [0.15, 0.2) is 23.1 Å². The van der Waals surface area contributed by atoms with Crippen molar-refractivity contribution in [1.29, 1.82) is 0 Å². The monoisotopic (exact) mass is 311 g/mol. The summed E-state index contributed by atoms with van der Waals surface area (Å²) in [4.78, 5) is 0. The van der Waals surface area contributed by atoms with E-state index < -0.39 is 5.82 Å². The van der Waals surface area contributed by atoms with Gasteiger partial charge in [-0.2, -0.15) is 0 Å². The van der Waals surface area contributed by atoms with Gasteiger partial charge in [-0.25, -0.2) is 4.39 Å². The minimum Gasteiger partial charge on any atom is -0.505 e. The lowest BCUT2D eigenvalue weighted by molar-refractivity contribution is 0.355. The molecule has 0 bridgehead atoms. The maximum Gasteiger partial charge on any atom is 0.179 e. The van der Waals surface area contributed by atoms with E-state index in [4.69, 9.17) is 26.2 Å². The molecule has 2 aromatic rings. The molecule has 2 rings (SSSR count). The second-order valence-corrected chi connectivity index (χ2v) is 4.67. The van der Waals surface area contributed by atoms with Crippen LogP contribution in [0.15, 0.2) is 30.3 Å². The van der Waals surface area contributed by atoms with Crippen molar-refractivity contribution < 1.29 is 19.0 Å². The standard InChI is InChI=1S/C15H15ClFNO3/c1-20-13-6-3-9(14(16)15(13)21-2)8-18-10-4-5-12(19)11(17)7-10/h3-7,18-19H,8H2,1-2H3. The summed E-state index contributed by atoms with van der Waals surface area (Å²) in [6, 6.07) is 7.62. The van der Waals surface area contributed by atoms with Crippen LogP contribution in [-0.2, 0) is 6.54 Å². The van der Waals surface area contributed by atoms with Gasteiger partial charge in [0, 0.05) is 18.3 Å². The van der Waals surface area contributed by atoms with Crippen molar-refractivity contribution in [3.8, 4) is 17.2 Å². The first-order valence-corrected chi connectivity index (χ1v) is 6.56. The van der Waals surface area contributed by atoms with E-state index in [1.807, 2.05) is 0 Å². The van der Waals surface area contributed by atoms with Gasteiger partial charge in [0.2, 0.25) is 0 Å². The molecule has 2 N–H and O–H groups in total. The van der Waals surface area contributed by atoms with Crippen LogP contribution < -0.4 is 14.8 Å². The van der Waals surface area contributed by atoms with Crippen LogP contribution in [0.25, 0.3) is 0 Å². The van der Waals surface area contributed by atoms with Gasteiger partial charge in [-0.15, -0.1) is 0 Å². The van der Waals surface area contributed by atoms with E-state index in [-0.39, 0.29) is 5.75 Å². The third kappa shape index (κ3) is 3.31. The smallest absolute Gasteiger partial charge is 0.179 e. The first kappa shape index (κ1) is 15.3. The number of aromatic hydroxyl groups is 1. The first-order valence-electron chi connectivity index (χ1n) is 6.18. The molecular formula is C15H15ClFNO3. The molecule has 0 heterocycles. The van der Waals surface area contributed by atoms with E-state index >= 15 is 0 Å². The highest BCUT2D eigenvalue weighted by Gasteiger charge is 2.13. The predicted octanol–water partition coefficient (Wildman–Crippen LogP) is 3.81. The number of hydrogen-bond donors (Lipinski definition) is 2. The van der Waals surface area contributed by atoms with Crippen molar-refractivity contribution in [2.24, 2.45) is 0 Å². The van der Waals surface area contributed by atoms with Crippen molar-refractivity contribution in [3.63, 3.8) is 0 Å². The minimum absolute atomic E-state index is 0.378. The zero-order valence-corrected chi connectivity index (χ0v) is 12.4. The summed E-state index contributed by atoms with van der Waals surface area (Å²) in [6.45, 7) is 0.378. The van der Waals surface area contributed by atoms with Crippen molar-refractivity contribution in [3.05, 3.63) is 46.7 Å². The maximum absolute atomic E-state index is 13.2. The van der Waals surface area contributed by atoms with E-state index in [9.17, 15) is 4.39 Å². The molecule has 0 aliphatic rings. The Hall–Kier alpha value is -2.14. The van der Waals surface area contributed by atoms with Crippen molar-refractivity contribution >= 4 is 17.3 Å². The minimum atomic E-state index is -0.682. The molecule has 0 unspecified atom stereocenters. The fourth-order valence-corrected chi connectivity index (χ4v) is 2.18. The number of nitrogens with one attached hydrogen (secondary N) is 1. The van der Waals surface area contributed by atoms with E-state index in [1.54, 1.807) is 18.2 Å². The van der Waals surface area contributed by atoms with Crippen LogP contribution in [-0.4, -0.2) is 19.3 Å². The number of phenols is 1. The molecule has 0 aromatic heterocycles. The van der Waals surface area contributed by atoms with E-state index in [1.165, 1.54) is 26.4 Å². The van der Waals surface area contributed by atoms with Crippen molar-refractivity contribution in [1.82, 2.24) is 0 Å². The van der Waals surface area contributed by atoms with Gasteiger partial charge in [0.05, 0.1) is 19.2 Å². The normalized spacial score (nSPS) is 10.3. The quantitative estimate of drug-likeness (QED) is 0.824. The molecule has 0 fully saturated rings. The van der Waals surface area contributed by atoms with Gasteiger partial charge >= 0.3 is 0 Å². The fourth-order valence-electron chi connectivity index (χ4n) is 1.88. The summed E-state index contributed by atoms with van der Waals surface area (Å²) in [5.41, 5.74) is 1.32. The highest BCUT2D eigenvalue weighted by Crippen LogP contribution is 2.37. The SMILES string of the molecule is COc1ccc(CNc2ccc(O)c(F)c2)c(Cl)c1OC. The molecule has 0 radical (unpaired) electrons. The lowest BCUT2D eigenvalue weighted by Gasteiger charge is -2.14. The molecule has 0 atom stereocenters. The molecule has 6 heteroatoms. The number of methoxy groups -OCH3 is 2. The predicted molar refractivity (Wildman–Crippen MR) is 79.9 cm³/mol. The van der Waals surface area contributed by atoms with Gasteiger partial charge in [0.1, 0.15) is 0 Å². The zero-order valence-electron chi connectivity index (χ0n) is 11.6. The number of ether oxygens (including phenoxy) is 2. The Kier molecular flexibility index (Phi) is 4.75. The van der Waals surface area contributed by atoms with Crippen LogP contribution in [0.4, 0.5) is 10.1 Å². The van der Waals surface area contributed by atoms with Gasteiger partial charge < -0.3 is 19.9 Å². The largest absolute Gasteiger partial charge is 0.505 e. The number of phenolic OH excluding ortho intramolecular Hbond substituents is 1. The third-order valence-corrected chi connectivity index (χ3v) is 3.41. The van der Waals surface area contributed by atoms with Crippen LogP contribution in [0, 0.1) is 5.82 Å². The Balaban J connectivity index is 2.18. The molecular weight excluding hydrogens is 297 g/mol. The van der Waals surface area contributed by atoms with Gasteiger partial charge in [-0.05, 0) is 23.8 Å². The Morgan fingerprint density at radius 1 is 1.19 bits per heavy atom. The number of anilines is 1. The molecule has 0 aliphatic carbocycles. The molecule has 0 saturated carbocycles. The fraction of sp³-hybridized carbons (Fsp3) is 0.200. The summed E-state index contributed by atoms with van der Waals surface area (Å²) in [6.07, 6.45) is 0. The molecule has 0 amide bonds. The Morgan fingerprint density at radius 3 is 2.57 bits per heavy atom. The van der Waals surface area contributed by atoms with Gasteiger partial charge in [-0.3, -0.25) is 0 Å². The van der Waals surface area contributed by atoms with E-state index in [2.05, 4.69) is 5.32 Å². The highest BCUT2D eigenvalue weighted by molar-refractivity contribution is 6.33. The molecule has 0 saturated heterocycles. The van der Waals surface area contributed by atoms with E-state index in [0.717, 1.165) is 5.56 Å². The summed E-state index contributed by atoms with van der Waals surface area (Å²) in [7, 11) is 3.04. The second kappa shape index (κ2) is 6.54. The molecule has 4 nitrogen and oxygen atoms in total. The number of rotatable bonds is 5. The zero-order chi connectivity index (χ0) is 15.4. The highest BCUT2D eigenvalue weighted by atomic mass is 35.5. The molecule has 0 aliphatic heterocycles. The van der Waals surface area contributed by atoms with Crippen molar-refractivity contribution in [2.75, 3.05) is 19.5 Å². The van der Waals surface area contributed by atoms with Crippen molar-refractivity contribution in [2.45, 2.75) is 6.54 Å². The summed E-state index contributed by atoms with van der Waals surface area (Å²) in [5, 5.41) is 12.6. The lowest BCUT2D eigenvalue weighted by Crippen LogP contribution is -2.02. The van der Waals surface area contributed by atoms with Gasteiger partial charge in [-0.1, -0.05) is 17.7 Å². The van der Waals surface area contributed by atoms with Crippen LogP contribution in [0.1, 0.15) is 5.56 Å². The number of halogens is 2. The molecule has 21 heavy (non-hydrogen) atoms. The second-order valence-electron chi connectivity index (χ2n) is 4.29. The molecule has 112 valence electrons. The number of hydrogen-bond acceptors (Lipinski definition) is 4. The Labute approximate surface area is 127 Å². The summed E-state index contributed by atoms with van der Waals surface area (Å²) < 4.78 is 23.6. The summed E-state index contributed by atoms with van der Waals surface area (Å²) >= 11 is 6.26. The third-order valence-electron chi connectivity index (χ3n) is 3.00. The van der Waals surface area contributed by atoms with Gasteiger partial charge in [0.25, 0.3) is 0 Å². The number of benzene rings is 2. The Morgan fingerprint density at radius 2 is 1.95 bits per heavy atom. The summed E-state index contributed by atoms with van der Waals surface area (Å²) in [5.74, 6) is -0.0691. The topological polar surface area (TPSA) is 50.7 Å². The van der Waals surface area contributed by atoms with Crippen LogP contribution >= 0.6 is 11.6 Å². The molecule has 2 aromatic carbocycles. The van der Waals surface area contributed by atoms with Crippen LogP contribution in [0.5, 0.6) is 17.2 Å². The Bertz CT molecular complexity index is 649. The van der Waals surface area contributed by atoms with Crippen LogP contribution in [0.3, 0.4) is 0 Å². The first-order chi connectivity index (χ1) is 10.1. The lowest BCUT2D eigenvalue weighted by atomic mass is 10.2. The average Bonchev–Trinajstić information content (AvgIpc) is 2.49. The van der Waals surface area contributed by atoms with Crippen LogP contribution in [0.2, 0.25) is 5.02 Å². The van der Waals surface area contributed by atoms with E-state index in [0.29, 0.717) is 28.8 Å². The maximum atomic E-state index is 13.2. The average molecular weight is 312 g/mol. The molecule has 0 spiro atoms.